The quantitative estimate of drug-likeness (QED) is 0.814. The molecule has 0 aliphatic heterocycles. The Morgan fingerprint density at radius 3 is 2.59 bits per heavy atom. The van der Waals surface area contributed by atoms with E-state index in [0.717, 1.165) is 31.6 Å². The van der Waals surface area contributed by atoms with Crippen LogP contribution >= 0.6 is 11.3 Å². The molecule has 0 saturated carbocycles. The fraction of sp³-hybridized carbons (Fsp3) is 0.769. The third-order valence-corrected chi connectivity index (χ3v) is 4.71. The Labute approximate surface area is 109 Å². The van der Waals surface area contributed by atoms with Gasteiger partial charge >= 0.3 is 0 Å². The van der Waals surface area contributed by atoms with E-state index < -0.39 is 0 Å². The fourth-order valence-electron chi connectivity index (χ4n) is 2.37. The standard InChI is InChI=1S/C13H25N3S/c1-5-7-13(6-2,9-14)16(4)8-12-11(3)15-10-17-12/h10H,5-9,14H2,1-4H3. The number of nitrogens with zero attached hydrogens (tertiary/aromatic N) is 2. The molecular weight excluding hydrogens is 230 g/mol. The van der Waals surface area contributed by atoms with Gasteiger partial charge in [-0.25, -0.2) is 4.98 Å². The summed E-state index contributed by atoms with van der Waals surface area (Å²) in [5.41, 5.74) is 9.24. The summed E-state index contributed by atoms with van der Waals surface area (Å²) >= 11 is 1.74. The van der Waals surface area contributed by atoms with Crippen LogP contribution in [-0.2, 0) is 6.54 Å². The van der Waals surface area contributed by atoms with Crippen molar-refractivity contribution in [2.75, 3.05) is 13.6 Å². The summed E-state index contributed by atoms with van der Waals surface area (Å²) in [5.74, 6) is 0. The maximum atomic E-state index is 6.02. The normalized spacial score (nSPS) is 15.2. The van der Waals surface area contributed by atoms with Crippen LogP contribution in [0.2, 0.25) is 0 Å². The Balaban J connectivity index is 2.78. The second-order valence-electron chi connectivity index (χ2n) is 4.75. The van der Waals surface area contributed by atoms with Crippen molar-refractivity contribution in [1.29, 1.82) is 0 Å². The van der Waals surface area contributed by atoms with Crippen molar-refractivity contribution < 1.29 is 0 Å². The molecule has 3 nitrogen and oxygen atoms in total. The SMILES string of the molecule is CCCC(CC)(CN)N(C)Cc1scnc1C. The van der Waals surface area contributed by atoms with Crippen LogP contribution in [0.3, 0.4) is 0 Å². The third-order valence-electron chi connectivity index (χ3n) is 3.79. The van der Waals surface area contributed by atoms with Crippen LogP contribution in [0.5, 0.6) is 0 Å². The van der Waals surface area contributed by atoms with Crippen molar-refractivity contribution in [3.05, 3.63) is 16.1 Å². The maximum absolute atomic E-state index is 6.02. The molecule has 4 heteroatoms. The van der Waals surface area contributed by atoms with Gasteiger partial charge in [0, 0.05) is 23.5 Å². The van der Waals surface area contributed by atoms with Gasteiger partial charge in [-0.2, -0.15) is 0 Å². The fourth-order valence-corrected chi connectivity index (χ4v) is 3.20. The zero-order valence-electron chi connectivity index (χ0n) is 11.5. The predicted molar refractivity (Wildman–Crippen MR) is 75.3 cm³/mol. The molecule has 1 unspecified atom stereocenters. The molecule has 17 heavy (non-hydrogen) atoms. The Hall–Kier alpha value is -0.450. The van der Waals surface area contributed by atoms with Crippen molar-refractivity contribution >= 4 is 11.3 Å². The lowest BCUT2D eigenvalue weighted by Gasteiger charge is -2.40. The molecule has 1 aromatic heterocycles. The lowest BCUT2D eigenvalue weighted by atomic mass is 9.89. The van der Waals surface area contributed by atoms with Gasteiger partial charge in [0.1, 0.15) is 0 Å². The van der Waals surface area contributed by atoms with Gasteiger partial charge in [-0.1, -0.05) is 20.3 Å². The summed E-state index contributed by atoms with van der Waals surface area (Å²) < 4.78 is 0. The van der Waals surface area contributed by atoms with E-state index >= 15 is 0 Å². The van der Waals surface area contributed by atoms with Crippen molar-refractivity contribution in [2.24, 2.45) is 5.73 Å². The number of hydrogen-bond donors (Lipinski definition) is 1. The van der Waals surface area contributed by atoms with Crippen LogP contribution in [0.25, 0.3) is 0 Å². The summed E-state index contributed by atoms with van der Waals surface area (Å²) in [5, 5.41) is 0. The number of nitrogens with two attached hydrogens (primary N) is 1. The van der Waals surface area contributed by atoms with Crippen molar-refractivity contribution in [2.45, 2.75) is 52.1 Å². The van der Waals surface area contributed by atoms with Crippen LogP contribution < -0.4 is 5.73 Å². The van der Waals surface area contributed by atoms with Crippen LogP contribution in [0.1, 0.15) is 43.7 Å². The van der Waals surface area contributed by atoms with E-state index in [1.165, 1.54) is 11.3 Å². The van der Waals surface area contributed by atoms with Crippen LogP contribution in [-0.4, -0.2) is 29.0 Å². The highest BCUT2D eigenvalue weighted by Gasteiger charge is 2.30. The first-order valence-electron chi connectivity index (χ1n) is 6.40. The second-order valence-corrected chi connectivity index (χ2v) is 5.69. The zero-order chi connectivity index (χ0) is 12.9. The van der Waals surface area contributed by atoms with Crippen molar-refractivity contribution in [3.63, 3.8) is 0 Å². The minimum absolute atomic E-state index is 0.144. The predicted octanol–water partition coefficient (Wildman–Crippen LogP) is 2.79. The number of likely N-dealkylation sites (N-methyl/N-ethyl adjacent to an activating group) is 1. The Bertz CT molecular complexity index is 331. The van der Waals surface area contributed by atoms with E-state index in [0.29, 0.717) is 0 Å². The maximum Gasteiger partial charge on any atom is 0.0798 e. The Morgan fingerprint density at radius 2 is 2.18 bits per heavy atom. The average molecular weight is 255 g/mol. The van der Waals surface area contributed by atoms with Gasteiger partial charge in [0.05, 0.1) is 11.2 Å². The zero-order valence-corrected chi connectivity index (χ0v) is 12.3. The molecule has 0 fully saturated rings. The van der Waals surface area contributed by atoms with Crippen molar-refractivity contribution in [3.8, 4) is 0 Å². The topological polar surface area (TPSA) is 42.1 Å². The monoisotopic (exact) mass is 255 g/mol. The lowest BCUT2D eigenvalue weighted by Crippen LogP contribution is -2.51. The van der Waals surface area contributed by atoms with E-state index in [1.807, 2.05) is 5.51 Å². The van der Waals surface area contributed by atoms with Gasteiger partial charge in [0.25, 0.3) is 0 Å². The summed E-state index contributed by atoms with van der Waals surface area (Å²) in [4.78, 5) is 8.08. The highest BCUT2D eigenvalue weighted by atomic mass is 32.1. The summed E-state index contributed by atoms with van der Waals surface area (Å²) in [6.07, 6.45) is 3.44. The third kappa shape index (κ3) is 3.27. The number of aromatic nitrogens is 1. The number of thiazole rings is 1. The van der Waals surface area contributed by atoms with Gasteiger partial charge in [0.2, 0.25) is 0 Å². The molecule has 1 rings (SSSR count). The molecule has 0 spiro atoms. The molecular formula is C13H25N3S. The van der Waals surface area contributed by atoms with Crippen LogP contribution in [0, 0.1) is 6.92 Å². The van der Waals surface area contributed by atoms with Gasteiger partial charge in [-0.15, -0.1) is 11.3 Å². The van der Waals surface area contributed by atoms with Gasteiger partial charge in [0.15, 0.2) is 0 Å². The smallest absolute Gasteiger partial charge is 0.0798 e. The molecule has 0 radical (unpaired) electrons. The molecule has 0 saturated heterocycles. The molecule has 0 aromatic carbocycles. The number of hydrogen-bond acceptors (Lipinski definition) is 4. The molecule has 0 amide bonds. The summed E-state index contributed by atoms with van der Waals surface area (Å²) in [7, 11) is 2.19. The van der Waals surface area contributed by atoms with Crippen LogP contribution in [0.4, 0.5) is 0 Å². The minimum Gasteiger partial charge on any atom is -0.329 e. The lowest BCUT2D eigenvalue weighted by molar-refractivity contribution is 0.102. The molecule has 2 N–H and O–H groups in total. The van der Waals surface area contributed by atoms with Crippen LogP contribution in [0.15, 0.2) is 5.51 Å². The van der Waals surface area contributed by atoms with E-state index in [2.05, 4.69) is 37.7 Å². The van der Waals surface area contributed by atoms with E-state index in [9.17, 15) is 0 Å². The molecule has 1 atom stereocenters. The highest BCUT2D eigenvalue weighted by molar-refractivity contribution is 7.09. The molecule has 0 aliphatic rings. The molecule has 1 heterocycles. The van der Waals surface area contributed by atoms with Gasteiger partial charge < -0.3 is 5.73 Å². The first-order chi connectivity index (χ1) is 8.09. The van der Waals surface area contributed by atoms with E-state index in [-0.39, 0.29) is 5.54 Å². The summed E-state index contributed by atoms with van der Waals surface area (Å²) in [6, 6.07) is 0. The number of rotatable bonds is 7. The second kappa shape index (κ2) is 6.47. The molecule has 0 bridgehead atoms. The first-order valence-corrected chi connectivity index (χ1v) is 7.28. The molecule has 1 aromatic rings. The van der Waals surface area contributed by atoms with Crippen molar-refractivity contribution in [1.82, 2.24) is 9.88 Å². The largest absolute Gasteiger partial charge is 0.329 e. The highest BCUT2D eigenvalue weighted by Crippen LogP contribution is 2.26. The van der Waals surface area contributed by atoms with Gasteiger partial charge in [-0.05, 0) is 26.8 Å². The first kappa shape index (κ1) is 14.6. The Morgan fingerprint density at radius 1 is 1.47 bits per heavy atom. The molecule has 0 aliphatic carbocycles. The van der Waals surface area contributed by atoms with E-state index in [4.69, 9.17) is 5.73 Å². The summed E-state index contributed by atoms with van der Waals surface area (Å²) in [6.45, 7) is 8.23. The molecule has 98 valence electrons. The minimum atomic E-state index is 0.144. The van der Waals surface area contributed by atoms with Gasteiger partial charge in [-0.3, -0.25) is 4.90 Å². The number of aryl methyl sites for hydroxylation is 1. The Kier molecular flexibility index (Phi) is 5.56. The average Bonchev–Trinajstić information content (AvgIpc) is 2.72. The van der Waals surface area contributed by atoms with E-state index in [1.54, 1.807) is 11.3 Å².